The molecule has 2 aromatic heterocycles. The van der Waals surface area contributed by atoms with Gasteiger partial charge in [-0.2, -0.15) is 0 Å². The highest BCUT2D eigenvalue weighted by molar-refractivity contribution is 5.97. The molecule has 1 amide bonds. The van der Waals surface area contributed by atoms with Gasteiger partial charge in [-0.1, -0.05) is 0 Å². The molecular weight excluding hydrogens is 326 g/mol. The van der Waals surface area contributed by atoms with Gasteiger partial charge in [-0.25, -0.2) is 4.98 Å². The predicted octanol–water partition coefficient (Wildman–Crippen LogP) is 2.99. The maximum Gasteiger partial charge on any atom is 0.251 e. The molecule has 0 saturated carbocycles. The fourth-order valence-electron chi connectivity index (χ4n) is 3.60. The summed E-state index contributed by atoms with van der Waals surface area (Å²) in [6.45, 7) is 2.86. The summed E-state index contributed by atoms with van der Waals surface area (Å²) in [7, 11) is 0. The van der Waals surface area contributed by atoms with Crippen molar-refractivity contribution in [1.29, 1.82) is 0 Å². The number of nitrogens with one attached hydrogen (secondary N) is 2. The molecule has 3 aromatic rings. The number of piperidine rings is 1. The molecule has 1 aromatic carbocycles. The molecule has 26 heavy (non-hydrogen) atoms. The third-order valence-corrected chi connectivity index (χ3v) is 5.16. The predicted molar refractivity (Wildman–Crippen MR) is 102 cm³/mol. The Hall–Kier alpha value is -2.89. The number of aromatic amines is 1. The van der Waals surface area contributed by atoms with Crippen LogP contribution in [-0.4, -0.2) is 40.5 Å². The highest BCUT2D eigenvalue weighted by Crippen LogP contribution is 2.24. The first-order valence-electron chi connectivity index (χ1n) is 9.16. The number of nitrogens with zero attached hydrogens (tertiary/aromatic N) is 3. The monoisotopic (exact) mass is 349 g/mol. The molecule has 0 aliphatic carbocycles. The number of carbonyl (C=O) groups is 1. The number of hydrogen-bond acceptors (Lipinski definition) is 4. The lowest BCUT2D eigenvalue weighted by atomic mass is 9.93. The van der Waals surface area contributed by atoms with Crippen molar-refractivity contribution in [2.45, 2.75) is 19.3 Å². The molecule has 0 radical (unpaired) electrons. The number of pyridine rings is 1. The lowest BCUT2D eigenvalue weighted by Crippen LogP contribution is -2.35. The van der Waals surface area contributed by atoms with E-state index in [1.807, 2.05) is 30.6 Å². The smallest absolute Gasteiger partial charge is 0.251 e. The molecular formula is C20H23N5O. The van der Waals surface area contributed by atoms with Gasteiger partial charge in [0, 0.05) is 43.3 Å². The van der Waals surface area contributed by atoms with Gasteiger partial charge in [0.15, 0.2) is 0 Å². The largest absolute Gasteiger partial charge is 0.371 e. The zero-order valence-corrected chi connectivity index (χ0v) is 14.7. The second-order valence-corrected chi connectivity index (χ2v) is 6.81. The number of aromatic nitrogens is 3. The van der Waals surface area contributed by atoms with Gasteiger partial charge in [-0.05, 0) is 55.5 Å². The normalized spacial score (nSPS) is 15.3. The molecule has 1 saturated heterocycles. The molecule has 0 bridgehead atoms. The van der Waals surface area contributed by atoms with E-state index in [1.165, 1.54) is 5.69 Å². The van der Waals surface area contributed by atoms with E-state index in [1.54, 1.807) is 6.33 Å². The fourth-order valence-corrected chi connectivity index (χ4v) is 3.60. The number of fused-ring (bicyclic) bond motifs is 1. The number of rotatable bonds is 5. The summed E-state index contributed by atoms with van der Waals surface area (Å²) >= 11 is 0. The van der Waals surface area contributed by atoms with Crippen molar-refractivity contribution in [3.8, 4) is 0 Å². The van der Waals surface area contributed by atoms with Crippen molar-refractivity contribution in [2.75, 3.05) is 24.5 Å². The lowest BCUT2D eigenvalue weighted by molar-refractivity contribution is 0.0951. The highest BCUT2D eigenvalue weighted by atomic mass is 16.1. The molecule has 3 heterocycles. The summed E-state index contributed by atoms with van der Waals surface area (Å²) in [6.07, 6.45) is 8.69. The van der Waals surface area contributed by atoms with Crippen LogP contribution in [0.3, 0.4) is 0 Å². The number of anilines is 1. The van der Waals surface area contributed by atoms with Crippen molar-refractivity contribution >= 4 is 22.6 Å². The minimum Gasteiger partial charge on any atom is -0.371 e. The zero-order chi connectivity index (χ0) is 17.8. The Morgan fingerprint density at radius 1 is 1.19 bits per heavy atom. The Bertz CT molecular complexity index is 868. The average molecular weight is 349 g/mol. The van der Waals surface area contributed by atoms with Gasteiger partial charge in [0.25, 0.3) is 5.91 Å². The van der Waals surface area contributed by atoms with Gasteiger partial charge < -0.3 is 15.2 Å². The Kier molecular flexibility index (Phi) is 4.82. The maximum atomic E-state index is 12.3. The van der Waals surface area contributed by atoms with Crippen molar-refractivity contribution in [3.63, 3.8) is 0 Å². The van der Waals surface area contributed by atoms with Crippen LogP contribution in [0, 0.1) is 5.92 Å². The van der Waals surface area contributed by atoms with Crippen LogP contribution >= 0.6 is 0 Å². The van der Waals surface area contributed by atoms with E-state index < -0.39 is 0 Å². The third-order valence-electron chi connectivity index (χ3n) is 5.16. The fraction of sp³-hybridized carbons (Fsp3) is 0.350. The van der Waals surface area contributed by atoms with Crippen molar-refractivity contribution in [1.82, 2.24) is 20.3 Å². The molecule has 6 nitrogen and oxygen atoms in total. The zero-order valence-electron chi connectivity index (χ0n) is 14.7. The van der Waals surface area contributed by atoms with Gasteiger partial charge in [0.2, 0.25) is 0 Å². The Morgan fingerprint density at radius 3 is 2.81 bits per heavy atom. The molecule has 1 aliphatic rings. The first-order chi connectivity index (χ1) is 12.8. The quantitative estimate of drug-likeness (QED) is 0.743. The molecule has 1 fully saturated rings. The maximum absolute atomic E-state index is 12.3. The summed E-state index contributed by atoms with van der Waals surface area (Å²) in [5.74, 6) is 0.652. The van der Waals surface area contributed by atoms with Crippen molar-refractivity contribution in [3.05, 3.63) is 54.6 Å². The van der Waals surface area contributed by atoms with Crippen LogP contribution in [0.4, 0.5) is 5.69 Å². The standard InChI is InChI=1S/C20H23N5O/c26-20(16-1-2-18-19(13-16)24-14-23-18)22-10-3-15-6-11-25(12-7-15)17-4-8-21-9-5-17/h1-2,4-5,8-9,13-15H,3,6-7,10-12H2,(H,22,26)(H,23,24). The van der Waals surface area contributed by atoms with Crippen LogP contribution in [0.5, 0.6) is 0 Å². The summed E-state index contributed by atoms with van der Waals surface area (Å²) < 4.78 is 0. The van der Waals surface area contributed by atoms with E-state index in [-0.39, 0.29) is 5.91 Å². The molecule has 4 rings (SSSR count). The Labute approximate surface area is 152 Å². The summed E-state index contributed by atoms with van der Waals surface area (Å²) in [5.41, 5.74) is 3.69. The molecule has 2 N–H and O–H groups in total. The minimum absolute atomic E-state index is 0.0179. The summed E-state index contributed by atoms with van der Waals surface area (Å²) in [5, 5.41) is 3.05. The molecule has 6 heteroatoms. The number of carbonyl (C=O) groups excluding carboxylic acids is 1. The molecule has 1 aliphatic heterocycles. The van der Waals surface area contributed by atoms with Crippen LogP contribution in [0.2, 0.25) is 0 Å². The van der Waals surface area contributed by atoms with Crippen LogP contribution in [0.1, 0.15) is 29.6 Å². The second kappa shape index (κ2) is 7.56. The minimum atomic E-state index is -0.0179. The van der Waals surface area contributed by atoms with Crippen molar-refractivity contribution in [2.24, 2.45) is 5.92 Å². The first kappa shape index (κ1) is 16.6. The summed E-state index contributed by atoms with van der Waals surface area (Å²) in [4.78, 5) is 26.0. The number of amides is 1. The number of imidazole rings is 1. The van der Waals surface area contributed by atoms with E-state index in [0.717, 1.165) is 49.9 Å². The van der Waals surface area contributed by atoms with E-state index in [0.29, 0.717) is 11.5 Å². The van der Waals surface area contributed by atoms with E-state index in [4.69, 9.17) is 0 Å². The van der Waals surface area contributed by atoms with Gasteiger partial charge in [-0.15, -0.1) is 0 Å². The van der Waals surface area contributed by atoms with Gasteiger partial charge in [-0.3, -0.25) is 9.78 Å². The highest BCUT2D eigenvalue weighted by Gasteiger charge is 2.19. The van der Waals surface area contributed by atoms with Gasteiger partial charge >= 0.3 is 0 Å². The second-order valence-electron chi connectivity index (χ2n) is 6.81. The Morgan fingerprint density at radius 2 is 2.00 bits per heavy atom. The number of benzene rings is 1. The van der Waals surface area contributed by atoms with Crippen LogP contribution < -0.4 is 10.2 Å². The van der Waals surface area contributed by atoms with Gasteiger partial charge in [0.05, 0.1) is 17.4 Å². The van der Waals surface area contributed by atoms with E-state index in [9.17, 15) is 4.79 Å². The molecule has 0 atom stereocenters. The van der Waals surface area contributed by atoms with Crippen LogP contribution in [0.25, 0.3) is 11.0 Å². The van der Waals surface area contributed by atoms with Crippen LogP contribution in [0.15, 0.2) is 49.1 Å². The van der Waals surface area contributed by atoms with Crippen molar-refractivity contribution < 1.29 is 4.79 Å². The van der Waals surface area contributed by atoms with E-state index >= 15 is 0 Å². The van der Waals surface area contributed by atoms with E-state index in [2.05, 4.69) is 37.3 Å². The molecule has 0 spiro atoms. The SMILES string of the molecule is O=C(NCCC1CCN(c2ccncc2)CC1)c1ccc2nc[nH]c2c1. The number of H-pyrrole nitrogens is 1. The first-order valence-corrected chi connectivity index (χ1v) is 9.16. The number of hydrogen-bond donors (Lipinski definition) is 2. The Balaban J connectivity index is 1.23. The molecule has 134 valence electrons. The molecule has 0 unspecified atom stereocenters. The summed E-state index contributed by atoms with van der Waals surface area (Å²) in [6, 6.07) is 9.68. The average Bonchev–Trinajstić information content (AvgIpc) is 3.17. The topological polar surface area (TPSA) is 73.9 Å². The van der Waals surface area contributed by atoms with Gasteiger partial charge in [0.1, 0.15) is 0 Å². The van der Waals surface area contributed by atoms with Crippen LogP contribution in [-0.2, 0) is 0 Å². The lowest BCUT2D eigenvalue weighted by Gasteiger charge is -2.33. The third kappa shape index (κ3) is 3.69.